The Morgan fingerprint density at radius 1 is 1.35 bits per heavy atom. The van der Waals surface area contributed by atoms with Crippen molar-refractivity contribution in [3.05, 3.63) is 51.8 Å². The van der Waals surface area contributed by atoms with E-state index in [4.69, 9.17) is 0 Å². The fraction of sp³-hybridized carbons (Fsp3) is 0.182. The predicted octanol–water partition coefficient (Wildman–Crippen LogP) is 2.54. The van der Waals surface area contributed by atoms with Crippen LogP contribution in [0.2, 0.25) is 0 Å². The van der Waals surface area contributed by atoms with Gasteiger partial charge < -0.3 is 5.11 Å². The fourth-order valence-corrected chi connectivity index (χ4v) is 2.02. The van der Waals surface area contributed by atoms with Gasteiger partial charge in [0.2, 0.25) is 0 Å². The molecule has 2 aromatic rings. The summed E-state index contributed by atoms with van der Waals surface area (Å²) in [6.07, 6.45) is 0.0725. The summed E-state index contributed by atoms with van der Waals surface area (Å²) < 4.78 is 28.9. The zero-order valence-corrected chi connectivity index (χ0v) is 10.4. The Bertz CT molecular complexity index is 533. The summed E-state index contributed by atoms with van der Waals surface area (Å²) in [7, 11) is 1.59. The van der Waals surface area contributed by atoms with Crippen molar-refractivity contribution in [2.45, 2.75) is 6.10 Å². The molecule has 0 spiro atoms. The Morgan fingerprint density at radius 3 is 2.41 bits per heavy atom. The second-order valence-electron chi connectivity index (χ2n) is 3.57. The highest BCUT2D eigenvalue weighted by Crippen LogP contribution is 2.28. The average molecular weight is 303 g/mol. The van der Waals surface area contributed by atoms with Gasteiger partial charge in [-0.2, -0.15) is 5.10 Å². The molecule has 0 amide bonds. The lowest BCUT2D eigenvalue weighted by Gasteiger charge is -2.13. The van der Waals surface area contributed by atoms with E-state index in [9.17, 15) is 13.9 Å². The first-order chi connectivity index (χ1) is 8.00. The van der Waals surface area contributed by atoms with E-state index in [1.165, 1.54) is 16.9 Å². The monoisotopic (exact) mass is 302 g/mol. The van der Waals surface area contributed by atoms with Gasteiger partial charge in [0.1, 0.15) is 17.7 Å². The Labute approximate surface area is 105 Å². The van der Waals surface area contributed by atoms with Crippen molar-refractivity contribution < 1.29 is 13.9 Å². The van der Waals surface area contributed by atoms with Crippen LogP contribution in [0.25, 0.3) is 0 Å². The van der Waals surface area contributed by atoms with Crippen molar-refractivity contribution in [1.29, 1.82) is 0 Å². The van der Waals surface area contributed by atoms with Crippen molar-refractivity contribution in [3.8, 4) is 0 Å². The Kier molecular flexibility index (Phi) is 3.26. The van der Waals surface area contributed by atoms with E-state index in [2.05, 4.69) is 21.0 Å². The minimum absolute atomic E-state index is 0.286. The number of benzene rings is 1. The molecule has 0 fully saturated rings. The molecule has 90 valence electrons. The number of aryl methyl sites for hydroxylation is 1. The van der Waals surface area contributed by atoms with E-state index < -0.39 is 17.7 Å². The third-order valence-corrected chi connectivity index (χ3v) is 2.91. The molecule has 0 aliphatic carbocycles. The summed E-state index contributed by atoms with van der Waals surface area (Å²) in [6, 6.07) is 3.72. The van der Waals surface area contributed by atoms with Crippen LogP contribution < -0.4 is 0 Å². The molecule has 0 saturated heterocycles. The quantitative estimate of drug-likeness (QED) is 0.926. The van der Waals surface area contributed by atoms with E-state index in [1.54, 1.807) is 7.05 Å². The number of aliphatic hydroxyl groups is 1. The molecule has 1 N–H and O–H groups in total. The predicted molar refractivity (Wildman–Crippen MR) is 61.3 cm³/mol. The summed E-state index contributed by atoms with van der Waals surface area (Å²) in [4.78, 5) is 0. The summed E-state index contributed by atoms with van der Waals surface area (Å²) in [5, 5.41) is 13.8. The molecule has 0 bridgehead atoms. The third kappa shape index (κ3) is 2.23. The van der Waals surface area contributed by atoms with Crippen molar-refractivity contribution in [3.63, 3.8) is 0 Å². The second-order valence-corrected chi connectivity index (χ2v) is 4.48. The smallest absolute Gasteiger partial charge is 0.133 e. The first-order valence-electron chi connectivity index (χ1n) is 4.81. The molecule has 1 heterocycles. The van der Waals surface area contributed by atoms with Crippen LogP contribution in [0.15, 0.2) is 28.9 Å². The average Bonchev–Trinajstić information content (AvgIpc) is 2.62. The molecule has 17 heavy (non-hydrogen) atoms. The Hall–Kier alpha value is -1.27. The number of hydrogen-bond acceptors (Lipinski definition) is 2. The van der Waals surface area contributed by atoms with E-state index in [-0.39, 0.29) is 10.0 Å². The Morgan fingerprint density at radius 2 is 1.94 bits per heavy atom. The highest BCUT2D eigenvalue weighted by molar-refractivity contribution is 9.10. The molecular weight excluding hydrogens is 294 g/mol. The second kappa shape index (κ2) is 4.54. The summed E-state index contributed by atoms with van der Waals surface area (Å²) >= 11 is 2.98. The molecule has 1 unspecified atom stereocenters. The van der Waals surface area contributed by atoms with Gasteiger partial charge in [0.05, 0.1) is 11.3 Å². The van der Waals surface area contributed by atoms with E-state index in [0.717, 1.165) is 12.1 Å². The lowest BCUT2D eigenvalue weighted by molar-refractivity contribution is 0.199. The number of aliphatic hydroxyl groups excluding tert-OH is 1. The van der Waals surface area contributed by atoms with Crippen LogP contribution in [-0.4, -0.2) is 14.9 Å². The van der Waals surface area contributed by atoms with Gasteiger partial charge in [0.25, 0.3) is 0 Å². The lowest BCUT2D eigenvalue weighted by atomic mass is 10.1. The van der Waals surface area contributed by atoms with Crippen molar-refractivity contribution in [2.24, 2.45) is 7.05 Å². The normalized spacial score (nSPS) is 12.8. The summed E-state index contributed by atoms with van der Waals surface area (Å²) in [5.41, 5.74) is -0.0538. The maximum atomic E-state index is 13.6. The first-order valence-corrected chi connectivity index (χ1v) is 5.60. The zero-order valence-electron chi connectivity index (χ0n) is 8.86. The molecule has 2 rings (SSSR count). The SMILES string of the molecule is Cn1nccc1C(O)c1c(F)cc(Br)cc1F. The molecule has 6 heteroatoms. The van der Waals surface area contributed by atoms with Crippen molar-refractivity contribution >= 4 is 15.9 Å². The summed E-state index contributed by atoms with van der Waals surface area (Å²) in [5.74, 6) is -1.60. The minimum atomic E-state index is -1.38. The van der Waals surface area contributed by atoms with Gasteiger partial charge in [-0.1, -0.05) is 15.9 Å². The number of halogens is 3. The molecule has 1 atom stereocenters. The number of aromatic nitrogens is 2. The topological polar surface area (TPSA) is 38.0 Å². The van der Waals surface area contributed by atoms with E-state index in [0.29, 0.717) is 5.69 Å². The molecule has 1 aromatic heterocycles. The largest absolute Gasteiger partial charge is 0.382 e. The molecule has 0 saturated carbocycles. The van der Waals surface area contributed by atoms with Crippen LogP contribution >= 0.6 is 15.9 Å². The lowest BCUT2D eigenvalue weighted by Crippen LogP contribution is -2.10. The van der Waals surface area contributed by atoms with Gasteiger partial charge in [0, 0.05) is 17.7 Å². The van der Waals surface area contributed by atoms with Gasteiger partial charge in [-0.05, 0) is 18.2 Å². The third-order valence-electron chi connectivity index (χ3n) is 2.46. The van der Waals surface area contributed by atoms with Crippen LogP contribution in [0, 0.1) is 11.6 Å². The van der Waals surface area contributed by atoms with Gasteiger partial charge in [0.15, 0.2) is 0 Å². The van der Waals surface area contributed by atoms with Crippen LogP contribution in [-0.2, 0) is 7.05 Å². The molecule has 0 radical (unpaired) electrons. The van der Waals surface area contributed by atoms with Crippen LogP contribution in [0.4, 0.5) is 8.78 Å². The van der Waals surface area contributed by atoms with Gasteiger partial charge in [-0.3, -0.25) is 4.68 Å². The van der Waals surface area contributed by atoms with Crippen LogP contribution in [0.5, 0.6) is 0 Å². The number of hydrogen-bond donors (Lipinski definition) is 1. The molecule has 3 nitrogen and oxygen atoms in total. The molecule has 0 aliphatic heterocycles. The zero-order chi connectivity index (χ0) is 12.6. The van der Waals surface area contributed by atoms with Gasteiger partial charge in [-0.15, -0.1) is 0 Å². The van der Waals surface area contributed by atoms with Gasteiger partial charge in [-0.25, -0.2) is 8.78 Å². The van der Waals surface area contributed by atoms with E-state index in [1.807, 2.05) is 0 Å². The maximum Gasteiger partial charge on any atom is 0.133 e. The fourth-order valence-electron chi connectivity index (χ4n) is 1.61. The number of rotatable bonds is 2. The van der Waals surface area contributed by atoms with E-state index >= 15 is 0 Å². The van der Waals surface area contributed by atoms with Crippen LogP contribution in [0.1, 0.15) is 17.4 Å². The Balaban J connectivity index is 2.51. The standard InChI is InChI=1S/C11H9BrF2N2O/c1-16-9(2-3-15-16)11(17)10-7(13)4-6(12)5-8(10)14/h2-5,11,17H,1H3. The number of nitrogens with zero attached hydrogens (tertiary/aromatic N) is 2. The molecule has 1 aromatic carbocycles. The first kappa shape index (κ1) is 12.2. The highest BCUT2D eigenvalue weighted by atomic mass is 79.9. The highest BCUT2D eigenvalue weighted by Gasteiger charge is 2.22. The molecular formula is C11H9BrF2N2O. The molecule has 0 aliphatic rings. The van der Waals surface area contributed by atoms with Crippen molar-refractivity contribution in [2.75, 3.05) is 0 Å². The maximum absolute atomic E-state index is 13.6. The van der Waals surface area contributed by atoms with Crippen LogP contribution in [0.3, 0.4) is 0 Å². The van der Waals surface area contributed by atoms with Gasteiger partial charge >= 0.3 is 0 Å². The van der Waals surface area contributed by atoms with Crippen molar-refractivity contribution in [1.82, 2.24) is 9.78 Å². The minimum Gasteiger partial charge on any atom is -0.382 e. The summed E-state index contributed by atoms with van der Waals surface area (Å²) in [6.45, 7) is 0.